The lowest BCUT2D eigenvalue weighted by atomic mass is 9.62. The highest BCUT2D eigenvalue weighted by atomic mass is 14.4. The number of hydrogen-bond acceptors (Lipinski definition) is 0. The summed E-state index contributed by atoms with van der Waals surface area (Å²) in [5.74, 6) is 1.69. The molecule has 0 saturated carbocycles. The second kappa shape index (κ2) is 10.3. The van der Waals surface area contributed by atoms with E-state index in [9.17, 15) is 0 Å². The Morgan fingerprint density at radius 3 is 1.43 bits per heavy atom. The van der Waals surface area contributed by atoms with Gasteiger partial charge in [0.2, 0.25) is 0 Å². The Balaban J connectivity index is 1.98. The summed E-state index contributed by atoms with van der Waals surface area (Å²) in [5.41, 5.74) is 4.53. The van der Waals surface area contributed by atoms with Crippen LogP contribution in [-0.2, 0) is 19.3 Å². The Hall–Kier alpha value is -2.34. The molecule has 0 N–H and O–H groups in total. The van der Waals surface area contributed by atoms with Gasteiger partial charge in [0.1, 0.15) is 0 Å². The van der Waals surface area contributed by atoms with Crippen molar-refractivity contribution in [1.29, 1.82) is 0 Å². The van der Waals surface area contributed by atoms with Gasteiger partial charge in [-0.3, -0.25) is 0 Å². The van der Waals surface area contributed by atoms with Crippen molar-refractivity contribution >= 4 is 0 Å². The van der Waals surface area contributed by atoms with Gasteiger partial charge in [0.25, 0.3) is 0 Å². The van der Waals surface area contributed by atoms with E-state index in [1.54, 1.807) is 5.92 Å². The standard InChI is InChI=1S/C28H33/c1-3-20-28(22-25-16-10-6-11-17-25,23-26-18-12-7-13-19-26)27(4-2)21-24-14-8-5-9-15-24/h5-19H,3-4,20-23H2,1-2H3. The van der Waals surface area contributed by atoms with E-state index in [4.69, 9.17) is 0 Å². The van der Waals surface area contributed by atoms with Gasteiger partial charge in [-0.1, -0.05) is 111 Å². The Labute approximate surface area is 171 Å². The molecule has 1 radical (unpaired) electrons. The highest BCUT2D eigenvalue weighted by Gasteiger charge is 2.37. The van der Waals surface area contributed by atoms with E-state index in [1.165, 1.54) is 29.5 Å². The molecule has 28 heavy (non-hydrogen) atoms. The van der Waals surface area contributed by atoms with Gasteiger partial charge >= 0.3 is 0 Å². The summed E-state index contributed by atoms with van der Waals surface area (Å²) in [6.07, 6.45) is 6.88. The van der Waals surface area contributed by atoms with Gasteiger partial charge in [-0.15, -0.1) is 0 Å². The molecule has 0 aliphatic carbocycles. The maximum atomic E-state index is 2.35. The zero-order valence-corrected chi connectivity index (χ0v) is 17.4. The van der Waals surface area contributed by atoms with Gasteiger partial charge < -0.3 is 0 Å². The van der Waals surface area contributed by atoms with Crippen molar-refractivity contribution in [1.82, 2.24) is 0 Å². The molecule has 0 aliphatic heterocycles. The molecule has 0 bridgehead atoms. The molecule has 0 saturated heterocycles. The van der Waals surface area contributed by atoms with Crippen LogP contribution in [0.3, 0.4) is 0 Å². The average molecular weight is 370 g/mol. The lowest BCUT2D eigenvalue weighted by molar-refractivity contribution is 0.254. The lowest BCUT2D eigenvalue weighted by Crippen LogP contribution is -2.35. The molecule has 0 aromatic heterocycles. The van der Waals surface area contributed by atoms with Crippen molar-refractivity contribution < 1.29 is 0 Å². The van der Waals surface area contributed by atoms with Gasteiger partial charge in [-0.05, 0) is 60.1 Å². The monoisotopic (exact) mass is 369 g/mol. The third-order valence-electron chi connectivity index (χ3n) is 5.94. The summed E-state index contributed by atoms with van der Waals surface area (Å²) in [5, 5.41) is 0. The summed E-state index contributed by atoms with van der Waals surface area (Å²) in [4.78, 5) is 0. The quantitative estimate of drug-likeness (QED) is 0.347. The lowest BCUT2D eigenvalue weighted by Gasteiger charge is -2.41. The summed E-state index contributed by atoms with van der Waals surface area (Å²) in [6, 6.07) is 33.1. The molecule has 0 spiro atoms. The van der Waals surface area contributed by atoms with Crippen LogP contribution in [0.5, 0.6) is 0 Å². The third-order valence-corrected chi connectivity index (χ3v) is 5.94. The molecular formula is C28H33. The highest BCUT2D eigenvalue weighted by molar-refractivity contribution is 5.28. The Morgan fingerprint density at radius 1 is 0.607 bits per heavy atom. The van der Waals surface area contributed by atoms with E-state index in [1.807, 2.05) is 0 Å². The zero-order valence-electron chi connectivity index (χ0n) is 17.4. The normalized spacial score (nSPS) is 11.7. The molecule has 0 fully saturated rings. The minimum Gasteiger partial charge on any atom is -0.0654 e. The molecule has 3 rings (SSSR count). The van der Waals surface area contributed by atoms with Crippen molar-refractivity contribution in [2.45, 2.75) is 52.4 Å². The first-order chi connectivity index (χ1) is 13.8. The van der Waals surface area contributed by atoms with Crippen LogP contribution < -0.4 is 0 Å². The number of rotatable bonds is 10. The maximum Gasteiger partial charge on any atom is -0.0132 e. The SMILES string of the molecule is CCCC(Cc1ccccc1)(Cc1ccccc1)[C](CC)Cc1ccccc1. The van der Waals surface area contributed by atoms with Gasteiger partial charge in [0.15, 0.2) is 0 Å². The summed E-state index contributed by atoms with van der Waals surface area (Å²) in [6.45, 7) is 4.68. The van der Waals surface area contributed by atoms with Crippen LogP contribution in [0.15, 0.2) is 91.0 Å². The highest BCUT2D eigenvalue weighted by Crippen LogP contribution is 2.45. The molecule has 0 heteroatoms. The van der Waals surface area contributed by atoms with Crippen LogP contribution in [-0.4, -0.2) is 0 Å². The van der Waals surface area contributed by atoms with Crippen LogP contribution in [0.1, 0.15) is 49.8 Å². The molecule has 3 aromatic carbocycles. The fourth-order valence-electron chi connectivity index (χ4n) is 4.65. The second-order valence-corrected chi connectivity index (χ2v) is 7.97. The van der Waals surface area contributed by atoms with E-state index in [2.05, 4.69) is 105 Å². The predicted molar refractivity (Wildman–Crippen MR) is 121 cm³/mol. The first-order valence-corrected chi connectivity index (χ1v) is 10.7. The van der Waals surface area contributed by atoms with Crippen LogP contribution in [0.25, 0.3) is 0 Å². The van der Waals surface area contributed by atoms with Crippen molar-refractivity contribution in [2.24, 2.45) is 5.41 Å². The number of benzene rings is 3. The Kier molecular flexibility index (Phi) is 7.48. The number of hydrogen-bond donors (Lipinski definition) is 0. The van der Waals surface area contributed by atoms with Gasteiger partial charge in [-0.2, -0.15) is 0 Å². The van der Waals surface area contributed by atoms with Gasteiger partial charge in [-0.25, -0.2) is 0 Å². The molecule has 0 amide bonds. The molecule has 0 unspecified atom stereocenters. The largest absolute Gasteiger partial charge is 0.0654 e. The van der Waals surface area contributed by atoms with Crippen molar-refractivity contribution in [2.75, 3.05) is 0 Å². The van der Waals surface area contributed by atoms with Crippen LogP contribution in [0.2, 0.25) is 0 Å². The molecule has 145 valence electrons. The molecule has 0 heterocycles. The second-order valence-electron chi connectivity index (χ2n) is 7.97. The van der Waals surface area contributed by atoms with E-state index >= 15 is 0 Å². The molecule has 3 aromatic rings. The Bertz CT molecular complexity index is 748. The fourth-order valence-corrected chi connectivity index (χ4v) is 4.65. The summed E-state index contributed by atoms with van der Waals surface area (Å²) >= 11 is 0. The molecule has 0 atom stereocenters. The first kappa shape index (κ1) is 20.4. The van der Waals surface area contributed by atoms with Crippen LogP contribution >= 0.6 is 0 Å². The van der Waals surface area contributed by atoms with Crippen LogP contribution in [0, 0.1) is 11.3 Å². The maximum absolute atomic E-state index is 2.35. The average Bonchev–Trinajstić information content (AvgIpc) is 2.74. The predicted octanol–water partition coefficient (Wildman–Crippen LogP) is 7.49. The van der Waals surface area contributed by atoms with Crippen molar-refractivity contribution in [3.63, 3.8) is 0 Å². The summed E-state index contributed by atoms with van der Waals surface area (Å²) < 4.78 is 0. The molecule has 0 nitrogen and oxygen atoms in total. The molecule has 0 aliphatic rings. The minimum absolute atomic E-state index is 0.196. The minimum atomic E-state index is 0.196. The van der Waals surface area contributed by atoms with E-state index < -0.39 is 0 Å². The fraction of sp³-hybridized carbons (Fsp3) is 0.321. The smallest absolute Gasteiger partial charge is 0.0132 e. The topological polar surface area (TPSA) is 0 Å². The van der Waals surface area contributed by atoms with E-state index in [0.29, 0.717) is 0 Å². The van der Waals surface area contributed by atoms with E-state index in [-0.39, 0.29) is 5.41 Å². The third kappa shape index (κ3) is 5.35. The summed E-state index contributed by atoms with van der Waals surface area (Å²) in [7, 11) is 0. The van der Waals surface area contributed by atoms with Crippen LogP contribution in [0.4, 0.5) is 0 Å². The first-order valence-electron chi connectivity index (χ1n) is 10.7. The van der Waals surface area contributed by atoms with Gasteiger partial charge in [0.05, 0.1) is 0 Å². The van der Waals surface area contributed by atoms with E-state index in [0.717, 1.165) is 25.7 Å². The Morgan fingerprint density at radius 2 is 1.04 bits per heavy atom. The zero-order chi connectivity index (χ0) is 19.7. The van der Waals surface area contributed by atoms with Gasteiger partial charge in [0, 0.05) is 0 Å². The van der Waals surface area contributed by atoms with Crippen molar-refractivity contribution in [3.8, 4) is 0 Å². The molecular weight excluding hydrogens is 336 g/mol. The van der Waals surface area contributed by atoms with Crippen molar-refractivity contribution in [3.05, 3.63) is 114 Å².